The molecule has 0 saturated carbocycles. The highest BCUT2D eigenvalue weighted by Crippen LogP contribution is 2.30. The molecule has 0 saturated heterocycles. The molecule has 0 aliphatic carbocycles. The number of esters is 1. The first kappa shape index (κ1) is 22.6. The molecule has 0 bridgehead atoms. The number of carbonyl (C=O) groups is 1. The highest BCUT2D eigenvalue weighted by Gasteiger charge is 2.13. The van der Waals surface area contributed by atoms with Gasteiger partial charge in [0.2, 0.25) is 5.89 Å². The summed E-state index contributed by atoms with van der Waals surface area (Å²) in [5.74, 6) is 0.491. The minimum Gasteiger partial charge on any atom is -0.436 e. The maximum absolute atomic E-state index is 12.3. The van der Waals surface area contributed by atoms with E-state index in [-0.39, 0.29) is 0 Å². The van der Waals surface area contributed by atoms with Gasteiger partial charge in [0.1, 0.15) is 11.3 Å². The van der Waals surface area contributed by atoms with Crippen molar-refractivity contribution < 1.29 is 13.9 Å². The van der Waals surface area contributed by atoms with E-state index in [0.717, 1.165) is 39.0 Å². The van der Waals surface area contributed by atoms with Crippen molar-refractivity contribution in [2.45, 2.75) is 13.8 Å². The summed E-state index contributed by atoms with van der Waals surface area (Å²) in [6.45, 7) is 4.02. The van der Waals surface area contributed by atoms with Crippen molar-refractivity contribution in [3.05, 3.63) is 112 Å². The fraction of sp³-hybridized carbons (Fsp3) is 0.0690. The van der Waals surface area contributed by atoms with Gasteiger partial charge in [-0.1, -0.05) is 41.9 Å². The second kappa shape index (κ2) is 9.57. The van der Waals surface area contributed by atoms with Gasteiger partial charge in [-0.25, -0.2) is 9.78 Å². The van der Waals surface area contributed by atoms with Gasteiger partial charge in [0.15, 0.2) is 5.58 Å². The van der Waals surface area contributed by atoms with Gasteiger partial charge in [0.05, 0.1) is 16.3 Å². The van der Waals surface area contributed by atoms with E-state index >= 15 is 0 Å². The summed E-state index contributed by atoms with van der Waals surface area (Å²) >= 11 is 6.07. The molecule has 35 heavy (non-hydrogen) atoms. The van der Waals surface area contributed by atoms with Gasteiger partial charge in [-0.2, -0.15) is 0 Å². The number of halogens is 1. The molecular formula is C29H21ClN2O3. The number of ether oxygens (including phenoxy) is 1. The van der Waals surface area contributed by atoms with Gasteiger partial charge >= 0.3 is 5.97 Å². The molecule has 0 spiro atoms. The average molecular weight is 481 g/mol. The van der Waals surface area contributed by atoms with E-state index in [2.05, 4.69) is 9.98 Å². The summed E-state index contributed by atoms with van der Waals surface area (Å²) in [6, 6.07) is 25.7. The Kier molecular flexibility index (Phi) is 6.17. The fourth-order valence-corrected chi connectivity index (χ4v) is 3.86. The van der Waals surface area contributed by atoms with Crippen molar-refractivity contribution in [2.24, 2.45) is 4.99 Å². The van der Waals surface area contributed by atoms with Crippen LogP contribution in [-0.2, 0) is 0 Å². The number of rotatable bonds is 5. The van der Waals surface area contributed by atoms with Crippen molar-refractivity contribution in [3.63, 3.8) is 0 Å². The number of hydrogen-bond donors (Lipinski definition) is 0. The molecule has 0 radical (unpaired) electrons. The van der Waals surface area contributed by atoms with E-state index in [9.17, 15) is 4.79 Å². The third-order valence-electron chi connectivity index (χ3n) is 5.61. The zero-order valence-corrected chi connectivity index (χ0v) is 19.9. The summed E-state index contributed by atoms with van der Waals surface area (Å²) in [5.41, 5.74) is 6.60. The molecule has 1 aromatic heterocycles. The summed E-state index contributed by atoms with van der Waals surface area (Å²) in [5, 5.41) is 0.354. The lowest BCUT2D eigenvalue weighted by molar-refractivity contribution is 0.0735. The second-order valence-corrected chi connectivity index (χ2v) is 8.55. The minimum atomic E-state index is -0.501. The summed E-state index contributed by atoms with van der Waals surface area (Å²) < 4.78 is 11.4. The van der Waals surface area contributed by atoms with Crippen LogP contribution in [0.25, 0.3) is 22.6 Å². The zero-order valence-electron chi connectivity index (χ0n) is 19.2. The minimum absolute atomic E-state index is 0.323. The molecular weight excluding hydrogens is 460 g/mol. The fourth-order valence-electron chi connectivity index (χ4n) is 3.65. The topological polar surface area (TPSA) is 64.7 Å². The standard InChI is InChI=1S/C29H21ClN2O3/c1-18-10-13-21(28-32-27-19(2)6-5-9-26(27)35-28)16-25(18)31-17-20-11-14-22(15-12-20)34-29(33)23-7-3-4-8-24(23)30/h3-17H,1-2H3. The van der Waals surface area contributed by atoms with Crippen LogP contribution >= 0.6 is 11.6 Å². The van der Waals surface area contributed by atoms with E-state index in [1.165, 1.54) is 0 Å². The van der Waals surface area contributed by atoms with Gasteiger partial charge in [0, 0.05) is 11.8 Å². The first-order chi connectivity index (χ1) is 17.0. The Labute approximate surface area is 207 Å². The Balaban J connectivity index is 1.33. The first-order valence-corrected chi connectivity index (χ1v) is 11.4. The van der Waals surface area contributed by atoms with Crippen molar-refractivity contribution in [2.75, 3.05) is 0 Å². The zero-order chi connectivity index (χ0) is 24.4. The maximum Gasteiger partial charge on any atom is 0.345 e. The summed E-state index contributed by atoms with van der Waals surface area (Å²) in [4.78, 5) is 21.7. The van der Waals surface area contributed by atoms with Gasteiger partial charge in [-0.3, -0.25) is 4.99 Å². The van der Waals surface area contributed by atoms with Gasteiger partial charge in [0.25, 0.3) is 0 Å². The van der Waals surface area contributed by atoms with Crippen LogP contribution in [0.15, 0.2) is 94.3 Å². The molecule has 0 atom stereocenters. The first-order valence-electron chi connectivity index (χ1n) is 11.1. The molecule has 0 aliphatic heterocycles. The molecule has 0 fully saturated rings. The number of nitrogens with zero attached hydrogens (tertiary/aromatic N) is 2. The number of aryl methyl sites for hydroxylation is 2. The van der Waals surface area contributed by atoms with E-state index < -0.39 is 5.97 Å². The molecule has 5 rings (SSSR count). The van der Waals surface area contributed by atoms with Crippen LogP contribution in [0.5, 0.6) is 5.75 Å². The smallest absolute Gasteiger partial charge is 0.345 e. The number of carbonyl (C=O) groups excluding carboxylic acids is 1. The molecule has 1 heterocycles. The molecule has 0 aliphatic rings. The van der Waals surface area contributed by atoms with Crippen LogP contribution in [-0.4, -0.2) is 17.2 Å². The molecule has 4 aromatic carbocycles. The van der Waals surface area contributed by atoms with Crippen molar-refractivity contribution >= 4 is 40.6 Å². The number of aromatic nitrogens is 1. The number of hydrogen-bond acceptors (Lipinski definition) is 5. The Morgan fingerprint density at radius 3 is 2.51 bits per heavy atom. The largest absolute Gasteiger partial charge is 0.436 e. The normalized spacial score (nSPS) is 11.3. The number of fused-ring (bicyclic) bond motifs is 1. The van der Waals surface area contributed by atoms with Crippen molar-refractivity contribution in [3.8, 4) is 17.2 Å². The van der Waals surface area contributed by atoms with Gasteiger partial charge in [-0.05, 0) is 85.1 Å². The number of aliphatic imine (C=N–C) groups is 1. The summed E-state index contributed by atoms with van der Waals surface area (Å²) in [6.07, 6.45) is 1.77. The van der Waals surface area contributed by atoms with Crippen LogP contribution in [0, 0.1) is 13.8 Å². The Hall–Kier alpha value is -4.22. The van der Waals surface area contributed by atoms with Crippen molar-refractivity contribution in [1.29, 1.82) is 0 Å². The molecule has 5 nitrogen and oxygen atoms in total. The maximum atomic E-state index is 12.3. The van der Waals surface area contributed by atoms with Crippen molar-refractivity contribution in [1.82, 2.24) is 4.98 Å². The van der Waals surface area contributed by atoms with E-state index in [4.69, 9.17) is 20.8 Å². The third kappa shape index (κ3) is 4.86. The number of para-hydroxylation sites is 1. The van der Waals surface area contributed by atoms with Crippen LogP contribution in [0.1, 0.15) is 27.0 Å². The second-order valence-electron chi connectivity index (χ2n) is 8.14. The quantitative estimate of drug-likeness (QED) is 0.146. The van der Waals surface area contributed by atoms with E-state index in [1.807, 2.05) is 62.4 Å². The number of oxazole rings is 1. The summed E-state index contributed by atoms with van der Waals surface area (Å²) in [7, 11) is 0. The molecule has 6 heteroatoms. The Bertz CT molecular complexity index is 1570. The van der Waals surface area contributed by atoms with Crippen LogP contribution in [0.3, 0.4) is 0 Å². The lowest BCUT2D eigenvalue weighted by atomic mass is 10.1. The Morgan fingerprint density at radius 1 is 0.943 bits per heavy atom. The molecule has 0 amide bonds. The third-order valence-corrected chi connectivity index (χ3v) is 5.94. The molecule has 172 valence electrons. The van der Waals surface area contributed by atoms with Crippen LogP contribution in [0.2, 0.25) is 5.02 Å². The Morgan fingerprint density at radius 2 is 1.74 bits per heavy atom. The van der Waals surface area contributed by atoms with Gasteiger partial charge < -0.3 is 9.15 Å². The SMILES string of the molecule is Cc1ccc(-c2nc3c(C)cccc3o2)cc1N=Cc1ccc(OC(=O)c2ccccc2Cl)cc1. The average Bonchev–Trinajstić information content (AvgIpc) is 3.30. The number of benzene rings is 4. The molecule has 5 aromatic rings. The highest BCUT2D eigenvalue weighted by molar-refractivity contribution is 6.33. The highest BCUT2D eigenvalue weighted by atomic mass is 35.5. The van der Waals surface area contributed by atoms with Crippen LogP contribution in [0.4, 0.5) is 5.69 Å². The van der Waals surface area contributed by atoms with E-state index in [0.29, 0.717) is 22.2 Å². The predicted octanol–water partition coefficient (Wildman–Crippen LogP) is 7.73. The van der Waals surface area contributed by atoms with E-state index in [1.54, 1.807) is 42.6 Å². The monoisotopic (exact) mass is 480 g/mol. The van der Waals surface area contributed by atoms with Gasteiger partial charge in [-0.15, -0.1) is 0 Å². The lowest BCUT2D eigenvalue weighted by Crippen LogP contribution is -2.08. The lowest BCUT2D eigenvalue weighted by Gasteiger charge is -2.06. The van der Waals surface area contributed by atoms with Crippen LogP contribution < -0.4 is 4.74 Å². The molecule has 0 unspecified atom stereocenters. The molecule has 0 N–H and O–H groups in total. The predicted molar refractivity (Wildman–Crippen MR) is 139 cm³/mol.